The zero-order valence-electron chi connectivity index (χ0n) is 11.3. The summed E-state index contributed by atoms with van der Waals surface area (Å²) in [5.41, 5.74) is 1.23. The Labute approximate surface area is 109 Å². The van der Waals surface area contributed by atoms with Crippen molar-refractivity contribution < 1.29 is 14.3 Å². The van der Waals surface area contributed by atoms with Gasteiger partial charge in [0.15, 0.2) is 0 Å². The summed E-state index contributed by atoms with van der Waals surface area (Å²) in [6, 6.07) is 8.00. The average Bonchev–Trinajstić information content (AvgIpc) is 2.39. The van der Waals surface area contributed by atoms with Crippen LogP contribution in [0, 0.1) is 6.92 Å². The number of aryl methyl sites for hydroxylation is 1. The molecule has 0 aromatic heterocycles. The van der Waals surface area contributed by atoms with Gasteiger partial charge < -0.3 is 9.47 Å². The first kappa shape index (κ1) is 14.7. The third-order valence-electron chi connectivity index (χ3n) is 2.64. The second-order valence-electron chi connectivity index (χ2n) is 4.27. The maximum absolute atomic E-state index is 11.0. The molecule has 0 saturated heterocycles. The standard InChI is InChI=1S/C15H22O3/c1-3-14(16)9-12-17-10-4-11-18-15-7-5-13(2)6-8-15/h5-8H,3-4,9-12H2,1-2H3. The van der Waals surface area contributed by atoms with Crippen LogP contribution in [0.4, 0.5) is 0 Å². The van der Waals surface area contributed by atoms with Gasteiger partial charge in [0.05, 0.1) is 13.2 Å². The Balaban J connectivity index is 1.99. The molecule has 0 radical (unpaired) electrons. The Morgan fingerprint density at radius 3 is 2.50 bits per heavy atom. The van der Waals surface area contributed by atoms with Crippen LogP contribution in [0.1, 0.15) is 31.7 Å². The number of hydrogen-bond acceptors (Lipinski definition) is 3. The second kappa shape index (κ2) is 8.70. The van der Waals surface area contributed by atoms with Crippen molar-refractivity contribution in [3.63, 3.8) is 0 Å². The lowest BCUT2D eigenvalue weighted by Gasteiger charge is -2.07. The van der Waals surface area contributed by atoms with Crippen molar-refractivity contribution in [1.82, 2.24) is 0 Å². The molecule has 0 bridgehead atoms. The lowest BCUT2D eigenvalue weighted by Crippen LogP contribution is -2.06. The van der Waals surface area contributed by atoms with E-state index in [-0.39, 0.29) is 5.78 Å². The molecule has 1 aromatic rings. The number of Topliss-reactive ketones (excluding diaryl/α,β-unsaturated/α-hetero) is 1. The molecule has 0 aliphatic carbocycles. The number of ketones is 1. The predicted octanol–water partition coefficient (Wildman–Crippen LogP) is 3.15. The smallest absolute Gasteiger partial charge is 0.134 e. The largest absolute Gasteiger partial charge is 0.494 e. The highest BCUT2D eigenvalue weighted by Gasteiger charge is 1.98. The van der Waals surface area contributed by atoms with Crippen LogP contribution in [0.25, 0.3) is 0 Å². The van der Waals surface area contributed by atoms with Gasteiger partial charge in [0.2, 0.25) is 0 Å². The lowest BCUT2D eigenvalue weighted by molar-refractivity contribution is -0.119. The Kier molecular flexibility index (Phi) is 7.11. The average molecular weight is 250 g/mol. The van der Waals surface area contributed by atoms with E-state index < -0.39 is 0 Å². The molecule has 0 unspecified atom stereocenters. The minimum atomic E-state index is 0.255. The van der Waals surface area contributed by atoms with Gasteiger partial charge in [-0.3, -0.25) is 4.79 Å². The van der Waals surface area contributed by atoms with Crippen molar-refractivity contribution in [2.75, 3.05) is 19.8 Å². The molecular weight excluding hydrogens is 228 g/mol. The highest BCUT2D eigenvalue weighted by Crippen LogP contribution is 2.11. The lowest BCUT2D eigenvalue weighted by atomic mass is 10.2. The van der Waals surface area contributed by atoms with Crippen LogP contribution < -0.4 is 4.74 Å². The fourth-order valence-electron chi connectivity index (χ4n) is 1.45. The zero-order chi connectivity index (χ0) is 13.2. The van der Waals surface area contributed by atoms with Crippen LogP contribution in [-0.4, -0.2) is 25.6 Å². The summed E-state index contributed by atoms with van der Waals surface area (Å²) in [5.74, 6) is 1.15. The molecule has 1 rings (SSSR count). The van der Waals surface area contributed by atoms with E-state index in [1.807, 2.05) is 31.2 Å². The molecule has 18 heavy (non-hydrogen) atoms. The van der Waals surface area contributed by atoms with Crippen LogP contribution in [0.5, 0.6) is 5.75 Å². The number of rotatable bonds is 9. The maximum atomic E-state index is 11.0. The van der Waals surface area contributed by atoms with Crippen molar-refractivity contribution in [1.29, 1.82) is 0 Å². The Hall–Kier alpha value is -1.35. The van der Waals surface area contributed by atoms with E-state index in [0.29, 0.717) is 32.7 Å². The van der Waals surface area contributed by atoms with Crippen LogP contribution in [-0.2, 0) is 9.53 Å². The molecule has 0 aliphatic heterocycles. The normalized spacial score (nSPS) is 10.3. The monoisotopic (exact) mass is 250 g/mol. The van der Waals surface area contributed by atoms with E-state index in [1.165, 1.54) is 5.56 Å². The first-order valence-corrected chi connectivity index (χ1v) is 6.51. The van der Waals surface area contributed by atoms with Gasteiger partial charge in [-0.05, 0) is 19.1 Å². The summed E-state index contributed by atoms with van der Waals surface area (Å²) < 4.78 is 10.9. The van der Waals surface area contributed by atoms with Crippen molar-refractivity contribution in [3.8, 4) is 5.75 Å². The molecule has 0 N–H and O–H groups in total. The van der Waals surface area contributed by atoms with Crippen LogP contribution in [0.2, 0.25) is 0 Å². The fourth-order valence-corrected chi connectivity index (χ4v) is 1.45. The van der Waals surface area contributed by atoms with E-state index in [2.05, 4.69) is 6.92 Å². The molecule has 0 saturated carbocycles. The highest BCUT2D eigenvalue weighted by molar-refractivity contribution is 5.78. The van der Waals surface area contributed by atoms with E-state index >= 15 is 0 Å². The van der Waals surface area contributed by atoms with Gasteiger partial charge in [-0.2, -0.15) is 0 Å². The van der Waals surface area contributed by atoms with E-state index in [0.717, 1.165) is 12.2 Å². The molecule has 0 heterocycles. The fraction of sp³-hybridized carbons (Fsp3) is 0.533. The molecule has 0 aliphatic rings. The number of carbonyl (C=O) groups excluding carboxylic acids is 1. The molecule has 1 aromatic carbocycles. The van der Waals surface area contributed by atoms with Crippen LogP contribution >= 0.6 is 0 Å². The van der Waals surface area contributed by atoms with Gasteiger partial charge in [-0.1, -0.05) is 24.6 Å². The molecule has 0 fully saturated rings. The number of carbonyl (C=O) groups is 1. The molecule has 0 spiro atoms. The maximum Gasteiger partial charge on any atom is 0.134 e. The molecule has 3 nitrogen and oxygen atoms in total. The quantitative estimate of drug-likeness (QED) is 0.632. The second-order valence-corrected chi connectivity index (χ2v) is 4.27. The predicted molar refractivity (Wildman–Crippen MR) is 72.0 cm³/mol. The molecule has 3 heteroatoms. The third-order valence-corrected chi connectivity index (χ3v) is 2.64. The molecule has 0 atom stereocenters. The summed E-state index contributed by atoms with van der Waals surface area (Å²) in [7, 11) is 0. The van der Waals surface area contributed by atoms with Gasteiger partial charge in [0.25, 0.3) is 0 Å². The van der Waals surface area contributed by atoms with Gasteiger partial charge in [0, 0.05) is 25.9 Å². The van der Waals surface area contributed by atoms with Gasteiger partial charge >= 0.3 is 0 Å². The summed E-state index contributed by atoms with van der Waals surface area (Å²) in [4.78, 5) is 11.0. The van der Waals surface area contributed by atoms with E-state index in [4.69, 9.17) is 9.47 Å². The van der Waals surface area contributed by atoms with Crippen molar-refractivity contribution in [2.24, 2.45) is 0 Å². The van der Waals surface area contributed by atoms with E-state index in [9.17, 15) is 4.79 Å². The molecule has 100 valence electrons. The Morgan fingerprint density at radius 2 is 1.83 bits per heavy atom. The van der Waals surface area contributed by atoms with Crippen molar-refractivity contribution >= 4 is 5.78 Å². The van der Waals surface area contributed by atoms with Crippen molar-refractivity contribution in [3.05, 3.63) is 29.8 Å². The topological polar surface area (TPSA) is 35.5 Å². The van der Waals surface area contributed by atoms with Crippen LogP contribution in [0.3, 0.4) is 0 Å². The summed E-state index contributed by atoms with van der Waals surface area (Å²) in [6.45, 7) is 5.73. The first-order valence-electron chi connectivity index (χ1n) is 6.51. The van der Waals surface area contributed by atoms with Crippen molar-refractivity contribution in [2.45, 2.75) is 33.1 Å². The highest BCUT2D eigenvalue weighted by atomic mass is 16.5. The van der Waals surface area contributed by atoms with Gasteiger partial charge in [-0.15, -0.1) is 0 Å². The van der Waals surface area contributed by atoms with E-state index in [1.54, 1.807) is 0 Å². The minimum Gasteiger partial charge on any atom is -0.494 e. The van der Waals surface area contributed by atoms with Gasteiger partial charge in [-0.25, -0.2) is 0 Å². The van der Waals surface area contributed by atoms with Gasteiger partial charge in [0.1, 0.15) is 11.5 Å². The summed E-state index contributed by atoms with van der Waals surface area (Å²) in [6.07, 6.45) is 1.96. The number of hydrogen-bond donors (Lipinski definition) is 0. The molecular formula is C15H22O3. The minimum absolute atomic E-state index is 0.255. The Bertz CT molecular complexity index is 343. The zero-order valence-corrected chi connectivity index (χ0v) is 11.3. The number of ether oxygens (including phenoxy) is 2. The summed E-state index contributed by atoms with van der Waals surface area (Å²) in [5, 5.41) is 0. The number of benzene rings is 1. The summed E-state index contributed by atoms with van der Waals surface area (Å²) >= 11 is 0. The molecule has 0 amide bonds. The SMILES string of the molecule is CCC(=O)CCOCCCOc1ccc(C)cc1. The Morgan fingerprint density at radius 1 is 1.11 bits per heavy atom. The van der Waals surface area contributed by atoms with Crippen LogP contribution in [0.15, 0.2) is 24.3 Å². The first-order chi connectivity index (χ1) is 8.72. The third kappa shape index (κ3) is 6.40.